The number of hydrogen-bond donors (Lipinski definition) is 0. The van der Waals surface area contributed by atoms with Crippen molar-refractivity contribution in [3.63, 3.8) is 0 Å². The van der Waals surface area contributed by atoms with E-state index >= 15 is 0 Å². The van der Waals surface area contributed by atoms with Crippen LogP contribution >= 0.6 is 0 Å². The summed E-state index contributed by atoms with van der Waals surface area (Å²) in [6.07, 6.45) is 8.49. The molecule has 2 aromatic rings. The smallest absolute Gasteiger partial charge is 0.332 e. The maximum Gasteiger partial charge on any atom is 0.332 e. The fourth-order valence-corrected chi connectivity index (χ4v) is 4.69. The average Bonchev–Trinajstić information content (AvgIpc) is 3.07. The first-order valence-corrected chi connectivity index (χ1v) is 9.39. The van der Waals surface area contributed by atoms with E-state index in [1.165, 1.54) is 43.6 Å². The highest BCUT2D eigenvalue weighted by Crippen LogP contribution is 2.35. The number of piperidine rings is 1. The van der Waals surface area contributed by atoms with E-state index in [9.17, 15) is 14.4 Å². The summed E-state index contributed by atoms with van der Waals surface area (Å²) in [5.74, 6) is 0.659. The third-order valence-corrected chi connectivity index (χ3v) is 6.09. The van der Waals surface area contributed by atoms with E-state index in [0.29, 0.717) is 23.1 Å². The molecule has 2 unspecified atom stereocenters. The second-order valence-corrected chi connectivity index (χ2v) is 7.59. The standard InChI is InChI=1S/C18H25N5O3/c1-20-16-15(17(25)21(2)18(20)26)22(11-19-16)10-14(24)23-9-5-7-12-6-3-4-8-13(12)23/h11-13H,3-10H2,1-2H3. The molecule has 0 radical (unpaired) electrons. The molecule has 2 aromatic heterocycles. The van der Waals surface area contributed by atoms with Crippen molar-refractivity contribution in [2.45, 2.75) is 51.1 Å². The number of nitrogens with zero attached hydrogens (tertiary/aromatic N) is 5. The largest absolute Gasteiger partial charge is 0.338 e. The molecule has 2 atom stereocenters. The third-order valence-electron chi connectivity index (χ3n) is 6.09. The summed E-state index contributed by atoms with van der Waals surface area (Å²) in [6.45, 7) is 0.885. The van der Waals surface area contributed by atoms with Crippen LogP contribution in [0.2, 0.25) is 0 Å². The van der Waals surface area contributed by atoms with Crippen LogP contribution in [0.25, 0.3) is 11.2 Å². The minimum absolute atomic E-state index is 0.0387. The summed E-state index contributed by atoms with van der Waals surface area (Å²) in [5.41, 5.74) is -0.206. The van der Waals surface area contributed by atoms with Crippen molar-refractivity contribution in [2.75, 3.05) is 6.54 Å². The Bertz CT molecular complexity index is 968. The van der Waals surface area contributed by atoms with Crippen molar-refractivity contribution in [3.05, 3.63) is 27.2 Å². The van der Waals surface area contributed by atoms with E-state index in [1.54, 1.807) is 11.6 Å². The lowest BCUT2D eigenvalue weighted by atomic mass is 9.78. The summed E-state index contributed by atoms with van der Waals surface area (Å²) in [5, 5.41) is 0. The van der Waals surface area contributed by atoms with Gasteiger partial charge in [0, 0.05) is 26.7 Å². The molecular formula is C18H25N5O3. The number of rotatable bonds is 2. The van der Waals surface area contributed by atoms with Crippen LogP contribution in [-0.4, -0.2) is 42.1 Å². The number of likely N-dealkylation sites (tertiary alicyclic amines) is 1. The summed E-state index contributed by atoms with van der Waals surface area (Å²) in [4.78, 5) is 43.8. The Morgan fingerprint density at radius 1 is 1.12 bits per heavy atom. The number of fused-ring (bicyclic) bond motifs is 2. The van der Waals surface area contributed by atoms with Gasteiger partial charge in [0.05, 0.1) is 6.33 Å². The Labute approximate surface area is 151 Å². The number of aromatic nitrogens is 4. The molecule has 2 aliphatic rings. The van der Waals surface area contributed by atoms with Gasteiger partial charge in [-0.1, -0.05) is 12.8 Å². The highest BCUT2D eigenvalue weighted by Gasteiger charge is 2.35. The van der Waals surface area contributed by atoms with Crippen molar-refractivity contribution in [1.82, 2.24) is 23.6 Å². The molecule has 1 aliphatic carbocycles. The van der Waals surface area contributed by atoms with E-state index in [0.717, 1.165) is 24.0 Å². The van der Waals surface area contributed by atoms with Gasteiger partial charge in [-0.2, -0.15) is 0 Å². The normalized spacial score (nSPS) is 23.2. The fourth-order valence-electron chi connectivity index (χ4n) is 4.69. The van der Waals surface area contributed by atoms with Gasteiger partial charge < -0.3 is 9.47 Å². The number of amides is 1. The molecule has 8 heteroatoms. The summed E-state index contributed by atoms with van der Waals surface area (Å²) in [7, 11) is 3.03. The maximum atomic E-state index is 13.0. The van der Waals surface area contributed by atoms with Crippen molar-refractivity contribution in [1.29, 1.82) is 0 Å². The number of carbonyl (C=O) groups excluding carboxylic acids is 1. The molecule has 8 nitrogen and oxygen atoms in total. The first kappa shape index (κ1) is 17.1. The zero-order valence-electron chi connectivity index (χ0n) is 15.3. The highest BCUT2D eigenvalue weighted by atomic mass is 16.2. The van der Waals surface area contributed by atoms with Gasteiger partial charge in [0.15, 0.2) is 11.2 Å². The predicted molar refractivity (Wildman–Crippen MR) is 96.9 cm³/mol. The van der Waals surface area contributed by atoms with Crippen LogP contribution in [0.5, 0.6) is 0 Å². The first-order valence-electron chi connectivity index (χ1n) is 9.39. The number of aryl methyl sites for hydroxylation is 1. The molecule has 4 rings (SSSR count). The van der Waals surface area contributed by atoms with Crippen LogP contribution in [0.4, 0.5) is 0 Å². The molecular weight excluding hydrogens is 334 g/mol. The predicted octanol–water partition coefficient (Wildman–Crippen LogP) is 0.615. The Kier molecular flexibility index (Phi) is 4.20. The molecule has 0 bridgehead atoms. The van der Waals surface area contributed by atoms with Crippen LogP contribution in [0.15, 0.2) is 15.9 Å². The minimum atomic E-state index is -0.417. The molecule has 3 heterocycles. The second-order valence-electron chi connectivity index (χ2n) is 7.59. The molecule has 0 aromatic carbocycles. The molecule has 1 saturated heterocycles. The number of imidazole rings is 1. The van der Waals surface area contributed by atoms with E-state index in [1.807, 2.05) is 4.90 Å². The Hall–Kier alpha value is -2.38. The molecule has 140 valence electrons. The summed E-state index contributed by atoms with van der Waals surface area (Å²) in [6, 6.07) is 0.340. The monoisotopic (exact) mass is 359 g/mol. The second kappa shape index (κ2) is 6.41. The number of carbonyl (C=O) groups is 1. The molecule has 0 N–H and O–H groups in total. The minimum Gasteiger partial charge on any atom is -0.338 e. The van der Waals surface area contributed by atoms with Crippen LogP contribution in [-0.2, 0) is 25.4 Å². The van der Waals surface area contributed by atoms with Crippen molar-refractivity contribution >= 4 is 17.1 Å². The van der Waals surface area contributed by atoms with Gasteiger partial charge >= 0.3 is 5.69 Å². The van der Waals surface area contributed by atoms with E-state index in [2.05, 4.69) is 4.98 Å². The zero-order chi connectivity index (χ0) is 18.4. The molecule has 1 amide bonds. The average molecular weight is 359 g/mol. The quantitative estimate of drug-likeness (QED) is 0.787. The van der Waals surface area contributed by atoms with Crippen molar-refractivity contribution < 1.29 is 4.79 Å². The maximum absolute atomic E-state index is 13.0. The third kappa shape index (κ3) is 2.59. The van der Waals surface area contributed by atoms with Crippen LogP contribution < -0.4 is 11.2 Å². The fraction of sp³-hybridized carbons (Fsp3) is 0.667. The molecule has 1 aliphatic heterocycles. The van der Waals surface area contributed by atoms with Gasteiger partial charge in [-0.25, -0.2) is 9.78 Å². The van der Waals surface area contributed by atoms with Crippen molar-refractivity contribution in [3.8, 4) is 0 Å². The topological polar surface area (TPSA) is 82.1 Å². The molecule has 0 spiro atoms. The first-order chi connectivity index (χ1) is 12.5. The van der Waals surface area contributed by atoms with Gasteiger partial charge in [-0.05, 0) is 31.6 Å². The molecule has 1 saturated carbocycles. The van der Waals surface area contributed by atoms with Gasteiger partial charge in [0.1, 0.15) is 6.54 Å². The Morgan fingerprint density at radius 2 is 1.85 bits per heavy atom. The lowest BCUT2D eigenvalue weighted by Gasteiger charge is -2.44. The van der Waals surface area contributed by atoms with Gasteiger partial charge in [0.2, 0.25) is 5.91 Å². The molecule has 26 heavy (non-hydrogen) atoms. The van der Waals surface area contributed by atoms with E-state index in [4.69, 9.17) is 0 Å². The van der Waals surface area contributed by atoms with Crippen LogP contribution in [0, 0.1) is 5.92 Å². The van der Waals surface area contributed by atoms with Gasteiger partial charge in [-0.3, -0.25) is 18.7 Å². The van der Waals surface area contributed by atoms with Gasteiger partial charge in [-0.15, -0.1) is 0 Å². The zero-order valence-corrected chi connectivity index (χ0v) is 15.3. The van der Waals surface area contributed by atoms with Crippen LogP contribution in [0.3, 0.4) is 0 Å². The Balaban J connectivity index is 1.66. The van der Waals surface area contributed by atoms with E-state index < -0.39 is 11.2 Å². The van der Waals surface area contributed by atoms with E-state index in [-0.39, 0.29) is 12.5 Å². The number of hydrogen-bond acceptors (Lipinski definition) is 4. The van der Waals surface area contributed by atoms with Crippen molar-refractivity contribution in [2.24, 2.45) is 20.0 Å². The SMILES string of the molecule is Cn1c(=O)c2c(ncn2CC(=O)N2CCCC3CCCCC32)n(C)c1=O. The lowest BCUT2D eigenvalue weighted by molar-refractivity contribution is -0.138. The lowest BCUT2D eigenvalue weighted by Crippen LogP contribution is -2.50. The summed E-state index contributed by atoms with van der Waals surface area (Å²) < 4.78 is 3.99. The molecule has 2 fully saturated rings. The highest BCUT2D eigenvalue weighted by molar-refractivity contribution is 5.79. The van der Waals surface area contributed by atoms with Crippen LogP contribution in [0.1, 0.15) is 38.5 Å². The Morgan fingerprint density at radius 3 is 2.65 bits per heavy atom. The van der Waals surface area contributed by atoms with Gasteiger partial charge in [0.25, 0.3) is 5.56 Å². The summed E-state index contributed by atoms with van der Waals surface area (Å²) >= 11 is 0.